The van der Waals surface area contributed by atoms with E-state index >= 15 is 0 Å². The number of quaternary nitrogens is 1. The molecule has 2 amide bonds. The molecular formula is C14H33Br2ClN5NaO2. The number of alkyl halides is 1. The van der Waals surface area contributed by atoms with Crippen LogP contribution in [0.5, 0.6) is 0 Å². The van der Waals surface area contributed by atoms with Crippen LogP contribution in [0.1, 0.15) is 0 Å². The maximum Gasteiger partial charge on any atom is 1.00 e. The first-order chi connectivity index (χ1) is 10.3. The quantitative estimate of drug-likeness (QED) is 0.150. The Morgan fingerprint density at radius 2 is 1.60 bits per heavy atom. The molecule has 0 aromatic rings. The monoisotopic (exact) mass is 519 g/mol. The van der Waals surface area contributed by atoms with Crippen molar-refractivity contribution in [2.75, 3.05) is 66.2 Å². The summed E-state index contributed by atoms with van der Waals surface area (Å²) in [5.74, 6) is 1.41. The predicted molar refractivity (Wildman–Crippen MR) is 102 cm³/mol. The minimum atomic E-state index is 0. The molecule has 0 atom stereocenters. The van der Waals surface area contributed by atoms with Crippen molar-refractivity contribution in [3.8, 4) is 0 Å². The zero-order chi connectivity index (χ0) is 17.6. The molecule has 1 aliphatic heterocycles. The van der Waals surface area contributed by atoms with Crippen molar-refractivity contribution >= 4 is 41.2 Å². The van der Waals surface area contributed by atoms with E-state index in [4.69, 9.17) is 21.1 Å². The Morgan fingerprint density at radius 3 is 1.68 bits per heavy atom. The van der Waals surface area contributed by atoms with Crippen LogP contribution in [0.25, 0.3) is 5.32 Å². The molecule has 1 fully saturated rings. The summed E-state index contributed by atoms with van der Waals surface area (Å²) in [6, 6.07) is 0. The van der Waals surface area contributed by atoms with Gasteiger partial charge < -0.3 is 52.7 Å². The van der Waals surface area contributed by atoms with Crippen LogP contribution in [0.4, 0.5) is 0 Å². The van der Waals surface area contributed by atoms with Gasteiger partial charge in [-0.2, -0.15) is 0 Å². The van der Waals surface area contributed by atoms with Gasteiger partial charge in [0, 0.05) is 24.7 Å². The number of imide groups is 1. The molecule has 11 heteroatoms. The predicted octanol–water partition coefficient (Wildman–Crippen LogP) is -5.73. The summed E-state index contributed by atoms with van der Waals surface area (Å²) >= 11 is 3.47. The van der Waals surface area contributed by atoms with E-state index in [1.807, 2.05) is 14.1 Å². The van der Waals surface area contributed by atoms with Gasteiger partial charge in [0.1, 0.15) is 0 Å². The van der Waals surface area contributed by atoms with E-state index in [1.54, 1.807) is 0 Å². The number of hydrogen-bond acceptors (Lipinski definition) is 5. The second kappa shape index (κ2) is 23.3. The molecule has 148 valence electrons. The van der Waals surface area contributed by atoms with Gasteiger partial charge in [-0.25, -0.2) is 0 Å². The van der Waals surface area contributed by atoms with Crippen molar-refractivity contribution in [1.29, 1.82) is 0 Å². The van der Waals surface area contributed by atoms with Gasteiger partial charge in [0.2, 0.25) is 0 Å². The number of rotatable bonds is 7. The van der Waals surface area contributed by atoms with Gasteiger partial charge in [-0.1, -0.05) is 15.9 Å². The van der Waals surface area contributed by atoms with E-state index < -0.39 is 0 Å². The molecule has 1 rings (SSSR count). The Morgan fingerprint density at radius 1 is 1.20 bits per heavy atom. The molecular weight excluding hydrogens is 488 g/mol. The summed E-state index contributed by atoms with van der Waals surface area (Å²) < 4.78 is 1.22. The number of nitrogens with zero attached hydrogens (tertiary/aromatic N) is 3. The zero-order valence-electron chi connectivity index (χ0n) is 16.0. The van der Waals surface area contributed by atoms with Crippen LogP contribution in [-0.4, -0.2) is 88.4 Å². The minimum Gasteiger partial charge on any atom is -1.00 e. The van der Waals surface area contributed by atoms with Gasteiger partial charge in [-0.15, -0.1) is 12.4 Å². The smallest absolute Gasteiger partial charge is 1.00 e. The Balaban J connectivity index is -0.0000000780. The molecule has 1 saturated heterocycles. The maximum absolute atomic E-state index is 9.01. The fourth-order valence-electron chi connectivity index (χ4n) is 2.23. The van der Waals surface area contributed by atoms with E-state index in [0.717, 1.165) is 12.5 Å². The Labute approximate surface area is 200 Å². The summed E-state index contributed by atoms with van der Waals surface area (Å²) in [4.78, 5) is 20.1. The van der Waals surface area contributed by atoms with Crippen LogP contribution in [-0.2, 0) is 9.59 Å². The maximum atomic E-state index is 9.01. The summed E-state index contributed by atoms with van der Waals surface area (Å²) in [5.41, 5.74) is 10.8. The van der Waals surface area contributed by atoms with Crippen LogP contribution in [0, 0.1) is 11.8 Å². The fraction of sp³-hybridized carbons (Fsp3) is 0.857. The first-order valence-corrected chi connectivity index (χ1v) is 8.38. The number of halogens is 3. The van der Waals surface area contributed by atoms with E-state index in [9.17, 15) is 0 Å². The summed E-state index contributed by atoms with van der Waals surface area (Å²) in [5, 5.41) is 3.80. The van der Waals surface area contributed by atoms with Gasteiger partial charge in [-0.05, 0) is 33.1 Å². The molecule has 0 spiro atoms. The molecule has 1 heterocycles. The average molecular weight is 522 g/mol. The largest absolute Gasteiger partial charge is 1.00 e. The van der Waals surface area contributed by atoms with Crippen molar-refractivity contribution in [3.63, 3.8) is 0 Å². The normalized spacial score (nSPS) is 14.0. The van der Waals surface area contributed by atoms with Crippen LogP contribution in [0.15, 0.2) is 0 Å². The fourth-order valence-corrected chi connectivity index (χ4v) is 2.64. The number of amides is 2. The topological polar surface area (TPSA) is 104 Å². The number of carbonyl (C=O) groups excluding carboxylic acids is 2. The number of hydrogen-bond donors (Lipinski definition) is 2. The molecule has 0 bridgehead atoms. The van der Waals surface area contributed by atoms with Crippen molar-refractivity contribution in [1.82, 2.24) is 4.90 Å². The van der Waals surface area contributed by atoms with E-state index in [0.29, 0.717) is 19.0 Å². The molecule has 7 nitrogen and oxygen atoms in total. The minimum absolute atomic E-state index is 0. The Hall–Kier alpha value is 1.23. The summed E-state index contributed by atoms with van der Waals surface area (Å²) in [6.45, 7) is 5.08. The number of likely N-dealkylation sites (tertiary alicyclic amines) is 1. The third-order valence-electron chi connectivity index (χ3n) is 3.13. The van der Waals surface area contributed by atoms with Crippen LogP contribution >= 0.6 is 28.3 Å². The second-order valence-corrected chi connectivity index (χ2v) is 6.93. The SMILES string of the molecule is CN(C)CC(CN)CN.C[N+]1(C)CC(CBr)C1.Cl.O=C[N-]C=O.[Br-].[Na+]. The first-order valence-electron chi connectivity index (χ1n) is 7.26. The van der Waals surface area contributed by atoms with E-state index in [-0.39, 0.29) is 71.8 Å². The van der Waals surface area contributed by atoms with Gasteiger partial charge in [0.05, 0.1) is 33.1 Å². The van der Waals surface area contributed by atoms with Crippen LogP contribution < -0.4 is 58.0 Å². The van der Waals surface area contributed by atoms with Gasteiger partial charge in [0.25, 0.3) is 0 Å². The molecule has 0 radical (unpaired) electrons. The number of carbonyl (C=O) groups is 2. The molecule has 0 aliphatic carbocycles. The third kappa shape index (κ3) is 25.2. The van der Waals surface area contributed by atoms with E-state index in [1.165, 1.54) is 22.9 Å². The molecule has 0 aromatic carbocycles. The standard InChI is InChI=1S/C6H13BrN.C6H17N3.C2H3NO2.BrH.ClH.Na/c1-8(2)4-6(3-7)5-8;1-9(2)5-6(3-7)4-8;4-1-3-2-5;;;/h6H,3-5H2,1-2H3;6H,3-5,7-8H2,1-2H3;1-2H,(H,3,4,5);2*1H;/q+1;;;;;+1/p-2. The average Bonchev–Trinajstić information content (AvgIpc) is 2.44. The summed E-state index contributed by atoms with van der Waals surface area (Å²) in [6.07, 6.45) is 0.375. The van der Waals surface area contributed by atoms with Crippen molar-refractivity contribution in [3.05, 3.63) is 5.32 Å². The van der Waals surface area contributed by atoms with Crippen molar-refractivity contribution in [2.45, 2.75) is 0 Å². The van der Waals surface area contributed by atoms with E-state index in [2.05, 4.69) is 40.2 Å². The zero-order valence-corrected chi connectivity index (χ0v) is 22.0. The van der Waals surface area contributed by atoms with Gasteiger partial charge >= 0.3 is 29.6 Å². The molecule has 0 aromatic heterocycles. The third-order valence-corrected chi connectivity index (χ3v) is 4.05. The molecule has 4 N–H and O–H groups in total. The number of nitrogens with two attached hydrogens (primary N) is 2. The first kappa shape index (κ1) is 37.0. The van der Waals surface area contributed by atoms with Crippen LogP contribution in [0.3, 0.4) is 0 Å². The van der Waals surface area contributed by atoms with Gasteiger partial charge in [-0.3, -0.25) is 0 Å². The molecule has 0 unspecified atom stereocenters. The van der Waals surface area contributed by atoms with Crippen molar-refractivity contribution in [2.24, 2.45) is 23.3 Å². The molecule has 25 heavy (non-hydrogen) atoms. The summed E-state index contributed by atoms with van der Waals surface area (Å²) in [7, 11) is 8.61. The van der Waals surface area contributed by atoms with Gasteiger partial charge in [0.15, 0.2) is 0 Å². The molecule has 1 aliphatic rings. The second-order valence-electron chi connectivity index (χ2n) is 6.28. The Bertz CT molecular complexity index is 288. The Kier molecular flexibility index (Phi) is 34.5. The van der Waals surface area contributed by atoms with Crippen LogP contribution in [0.2, 0.25) is 0 Å². The van der Waals surface area contributed by atoms with Crippen molar-refractivity contribution < 1.29 is 60.6 Å². The molecule has 0 saturated carbocycles.